The van der Waals surface area contributed by atoms with Crippen LogP contribution in [0.4, 0.5) is 24.5 Å². The van der Waals surface area contributed by atoms with Crippen molar-refractivity contribution >= 4 is 35.7 Å². The zero-order chi connectivity index (χ0) is 34.7. The van der Waals surface area contributed by atoms with Gasteiger partial charge < -0.3 is 69.4 Å². The van der Waals surface area contributed by atoms with Gasteiger partial charge in [-0.1, -0.05) is 26.0 Å². The number of benzene rings is 1. The van der Waals surface area contributed by atoms with Crippen LogP contribution in [0, 0.1) is 5.92 Å². The van der Waals surface area contributed by atoms with E-state index >= 15 is 0 Å². The number of aliphatic hydroxyl groups excluding tert-OH is 3. The van der Waals surface area contributed by atoms with Crippen molar-refractivity contribution in [3.05, 3.63) is 29.8 Å². The molecule has 0 saturated carbocycles. The van der Waals surface area contributed by atoms with Crippen molar-refractivity contribution in [2.45, 2.75) is 76.5 Å². The van der Waals surface area contributed by atoms with E-state index in [4.69, 9.17) is 42.1 Å². The summed E-state index contributed by atoms with van der Waals surface area (Å²) in [5, 5.41) is 34.1. The molecule has 45 heavy (non-hydrogen) atoms. The highest BCUT2D eigenvalue weighted by atomic mass is 19.1. The average molecular weight is 649 g/mol. The van der Waals surface area contributed by atoms with Gasteiger partial charge >= 0.3 is 18.2 Å². The van der Waals surface area contributed by atoms with Gasteiger partial charge in [0.05, 0.1) is 18.8 Å². The van der Waals surface area contributed by atoms with Crippen LogP contribution in [0.25, 0.3) is 0 Å². The number of halogens is 1. The van der Waals surface area contributed by atoms with Crippen molar-refractivity contribution in [2.24, 2.45) is 34.6 Å². The number of alkyl halides is 1. The monoisotopic (exact) mass is 648 g/mol. The Labute approximate surface area is 259 Å². The Hall–Kier alpha value is -4.30. The number of aliphatic hydroxyl groups is 3. The smallest absolute Gasteiger partial charge is 0.404 e. The van der Waals surface area contributed by atoms with Gasteiger partial charge in [-0.25, -0.2) is 18.8 Å². The van der Waals surface area contributed by atoms with E-state index < -0.39 is 73.3 Å². The van der Waals surface area contributed by atoms with Crippen molar-refractivity contribution < 1.29 is 53.2 Å². The van der Waals surface area contributed by atoms with Crippen molar-refractivity contribution in [1.82, 2.24) is 10.6 Å². The van der Waals surface area contributed by atoms with E-state index in [0.717, 1.165) is 0 Å². The first-order chi connectivity index (χ1) is 21.0. The summed E-state index contributed by atoms with van der Waals surface area (Å²) in [7, 11) is 0. The number of nitrogens with one attached hydrogen (secondary N) is 3. The summed E-state index contributed by atoms with van der Waals surface area (Å²) in [6, 6.07) is 3.48. The minimum Gasteiger partial charge on any atom is -0.445 e. The number of carbonyl (C=O) groups excluding carboxylic acids is 5. The van der Waals surface area contributed by atoms with Crippen molar-refractivity contribution in [2.75, 3.05) is 18.5 Å². The lowest BCUT2D eigenvalue weighted by atomic mass is 10.0. The molecule has 1 saturated heterocycles. The van der Waals surface area contributed by atoms with E-state index in [1.54, 1.807) is 38.1 Å². The molecular formula is C26H45FN8O10. The number of carbonyl (C=O) groups is 5. The summed E-state index contributed by atoms with van der Waals surface area (Å²) in [6.45, 7) is 3.36. The Kier molecular flexibility index (Phi) is 19.4. The van der Waals surface area contributed by atoms with Gasteiger partial charge in [0.15, 0.2) is 12.5 Å². The van der Waals surface area contributed by atoms with Crippen LogP contribution in [0.2, 0.25) is 0 Å². The molecule has 0 bridgehead atoms. The molecular weight excluding hydrogens is 603 g/mol. The molecule has 1 aliphatic heterocycles. The van der Waals surface area contributed by atoms with Crippen LogP contribution < -0.4 is 44.6 Å². The third-order valence-electron chi connectivity index (χ3n) is 5.90. The zero-order valence-corrected chi connectivity index (χ0v) is 25.1. The molecule has 1 fully saturated rings. The van der Waals surface area contributed by atoms with Crippen molar-refractivity contribution in [3.63, 3.8) is 0 Å². The van der Waals surface area contributed by atoms with Crippen LogP contribution in [0.15, 0.2) is 24.3 Å². The van der Waals surface area contributed by atoms with Gasteiger partial charge in [-0.3, -0.25) is 9.59 Å². The molecule has 18 nitrogen and oxygen atoms in total. The number of nitrogens with two attached hydrogens (primary N) is 5. The molecule has 0 spiro atoms. The van der Waals surface area contributed by atoms with Crippen LogP contribution in [0.3, 0.4) is 0 Å². The molecule has 0 aromatic heterocycles. The van der Waals surface area contributed by atoms with Gasteiger partial charge in [0.1, 0.15) is 18.8 Å². The van der Waals surface area contributed by atoms with E-state index in [2.05, 4.69) is 32.2 Å². The number of ether oxygens (including phenoxy) is 2. The van der Waals surface area contributed by atoms with E-state index in [1.165, 1.54) is 0 Å². The Morgan fingerprint density at radius 3 is 2.11 bits per heavy atom. The van der Waals surface area contributed by atoms with Gasteiger partial charge in [0.25, 0.3) is 0 Å². The fourth-order valence-corrected chi connectivity index (χ4v) is 3.49. The fraction of sp³-hybridized carbons (Fsp3) is 0.577. The molecule has 2 rings (SSSR count). The van der Waals surface area contributed by atoms with Crippen LogP contribution in [0.1, 0.15) is 38.7 Å². The minimum atomic E-state index is -1.61. The number of anilines is 1. The number of urea groups is 2. The summed E-state index contributed by atoms with van der Waals surface area (Å²) < 4.78 is 22.1. The van der Waals surface area contributed by atoms with Crippen molar-refractivity contribution in [1.29, 1.82) is 0 Å². The first-order valence-corrected chi connectivity index (χ1v) is 13.7. The Bertz CT molecular complexity index is 1080. The van der Waals surface area contributed by atoms with Gasteiger partial charge in [0, 0.05) is 18.7 Å². The molecule has 1 aromatic rings. The molecule has 1 heterocycles. The Morgan fingerprint density at radius 1 is 1.04 bits per heavy atom. The van der Waals surface area contributed by atoms with Gasteiger partial charge in [0.2, 0.25) is 11.8 Å². The maximum Gasteiger partial charge on any atom is 0.404 e. The van der Waals surface area contributed by atoms with Crippen LogP contribution in [0.5, 0.6) is 0 Å². The predicted octanol–water partition coefficient (Wildman–Crippen LogP) is -2.05. The van der Waals surface area contributed by atoms with E-state index in [1.807, 2.05) is 0 Å². The first kappa shape index (κ1) is 40.7. The van der Waals surface area contributed by atoms with Crippen LogP contribution >= 0.6 is 0 Å². The van der Waals surface area contributed by atoms with E-state index in [0.29, 0.717) is 17.7 Å². The largest absolute Gasteiger partial charge is 0.445 e. The second kappa shape index (κ2) is 21.4. The van der Waals surface area contributed by atoms with Gasteiger partial charge in [-0.2, -0.15) is 0 Å². The van der Waals surface area contributed by atoms with E-state index in [-0.39, 0.29) is 31.9 Å². The highest BCUT2D eigenvalue weighted by Crippen LogP contribution is 2.21. The molecule has 6 atom stereocenters. The van der Waals surface area contributed by atoms with Crippen LogP contribution in [-0.2, 0) is 25.7 Å². The number of rotatable bonds is 12. The normalized spacial score (nSPS) is 20.1. The number of hydrogen-bond donors (Lipinski definition) is 11. The highest BCUT2D eigenvalue weighted by Gasteiger charge is 2.36. The maximum absolute atomic E-state index is 12.8. The summed E-state index contributed by atoms with van der Waals surface area (Å²) in [5.74, 6) is -0.966. The lowest BCUT2D eigenvalue weighted by Crippen LogP contribution is -2.51. The SMILES string of the molecule is CC(C)C(N)C(=O)NC(CCCNC(N)=O)C(=O)Nc1ccc(COC(N)=O)cc1.NC(N)=O.OC[C@H]1OC(O)C[C@@H](O)[C@@H]1F. The summed E-state index contributed by atoms with van der Waals surface area (Å²) in [6.07, 6.45) is -5.45. The van der Waals surface area contributed by atoms with Crippen molar-refractivity contribution in [3.8, 4) is 0 Å². The number of hydrogen-bond acceptors (Lipinski definition) is 11. The van der Waals surface area contributed by atoms with E-state index in [9.17, 15) is 23.6 Å². The predicted molar refractivity (Wildman–Crippen MR) is 158 cm³/mol. The minimum absolute atomic E-state index is 0.0161. The standard InChI is InChI=1S/C19H30N6O5.C6H11FO4.CH4N2O/c1-11(2)15(20)17(27)25-14(4-3-9-23-18(21)28)16(26)24-13-7-5-12(6-8-13)10-30-19(22)29;7-6-3(9)1-5(10)11-4(6)2-8;2-1(3)4/h5-8,11,14-15H,3-4,9-10,20H2,1-2H3,(H2,22,29)(H,24,26)(H,25,27)(H3,21,23,28);3-6,8-10H,1-2H2;(H4,2,3,4)/t;3-,4-,5?,6+;/m.1./s1. The topological polar surface area (TPSA) is 331 Å². The van der Waals surface area contributed by atoms with Gasteiger partial charge in [-0.05, 0) is 36.5 Å². The molecule has 19 heteroatoms. The molecule has 1 aromatic carbocycles. The molecule has 0 aliphatic carbocycles. The fourth-order valence-electron chi connectivity index (χ4n) is 3.49. The third kappa shape index (κ3) is 18.2. The summed E-state index contributed by atoms with van der Waals surface area (Å²) >= 11 is 0. The second-order valence-electron chi connectivity index (χ2n) is 10.0. The number of amides is 7. The quantitative estimate of drug-likeness (QED) is 0.109. The van der Waals surface area contributed by atoms with Crippen LogP contribution in [-0.4, -0.2) is 95.2 Å². The third-order valence-corrected chi connectivity index (χ3v) is 5.90. The molecule has 7 amide bonds. The molecule has 3 unspecified atom stereocenters. The second-order valence-corrected chi connectivity index (χ2v) is 10.0. The highest BCUT2D eigenvalue weighted by molar-refractivity contribution is 5.97. The lowest BCUT2D eigenvalue weighted by molar-refractivity contribution is -0.224. The van der Waals surface area contributed by atoms with Gasteiger partial charge in [-0.15, -0.1) is 0 Å². The Morgan fingerprint density at radius 2 is 1.62 bits per heavy atom. The summed E-state index contributed by atoms with van der Waals surface area (Å²) in [4.78, 5) is 55.4. The zero-order valence-electron chi connectivity index (χ0n) is 25.1. The molecule has 1 aliphatic rings. The average Bonchev–Trinajstić information content (AvgIpc) is 2.95. The first-order valence-electron chi connectivity index (χ1n) is 13.7. The molecule has 16 N–H and O–H groups in total. The lowest BCUT2D eigenvalue weighted by Gasteiger charge is -2.32. The Balaban J connectivity index is 0.00000105. The molecule has 0 radical (unpaired) electrons. The maximum atomic E-state index is 12.8. The molecule has 256 valence electrons. The number of primary amides is 4. The summed E-state index contributed by atoms with van der Waals surface area (Å²) in [5.41, 5.74) is 25.5.